The summed E-state index contributed by atoms with van der Waals surface area (Å²) >= 11 is 0. The van der Waals surface area contributed by atoms with E-state index >= 15 is 0 Å². The van der Waals surface area contributed by atoms with Crippen LogP contribution in [-0.4, -0.2) is 15.9 Å². The monoisotopic (exact) mass is 304 g/mol. The fourth-order valence-corrected chi connectivity index (χ4v) is 3.40. The van der Waals surface area contributed by atoms with Gasteiger partial charge in [0.25, 0.3) is 0 Å². The molecule has 0 saturated carbocycles. The van der Waals surface area contributed by atoms with E-state index in [1.165, 1.54) is 12.3 Å². The Hall–Kier alpha value is -2.88. The Morgan fingerprint density at radius 1 is 1.04 bits per heavy atom. The summed E-state index contributed by atoms with van der Waals surface area (Å²) in [6, 6.07) is 10.2. The molecule has 4 nitrogen and oxygen atoms in total. The number of nitrogens with one attached hydrogen (secondary N) is 1. The molecule has 4 aromatic rings. The maximum atomic E-state index is 11.4. The highest BCUT2D eigenvalue weighted by atomic mass is 16.5. The van der Waals surface area contributed by atoms with E-state index in [9.17, 15) is 4.79 Å². The minimum absolute atomic E-state index is 0.360. The van der Waals surface area contributed by atoms with Crippen LogP contribution < -0.4 is 4.74 Å². The van der Waals surface area contributed by atoms with Crippen LogP contribution in [0, 0.1) is 13.8 Å². The van der Waals surface area contributed by atoms with Gasteiger partial charge in [0, 0.05) is 34.8 Å². The van der Waals surface area contributed by atoms with Crippen LogP contribution in [-0.2, 0) is 4.79 Å². The molecule has 4 heteroatoms. The van der Waals surface area contributed by atoms with Gasteiger partial charge in [0.05, 0.1) is 5.52 Å². The fourth-order valence-electron chi connectivity index (χ4n) is 3.40. The number of nitrogens with zero attached hydrogens (tertiary/aromatic N) is 1. The predicted octanol–water partition coefficient (Wildman–Crippen LogP) is 4.41. The van der Waals surface area contributed by atoms with Gasteiger partial charge in [-0.05, 0) is 42.5 Å². The summed E-state index contributed by atoms with van der Waals surface area (Å²) in [5.41, 5.74) is 4.43. The average molecular weight is 304 g/mol. The number of carbonyl (C=O) groups excluding carboxylic acids is 1. The summed E-state index contributed by atoms with van der Waals surface area (Å²) in [5.74, 6) is 0.0175. The lowest BCUT2D eigenvalue weighted by Gasteiger charge is -2.12. The molecular formula is C19H16N2O2. The molecule has 0 amide bonds. The van der Waals surface area contributed by atoms with Gasteiger partial charge in [-0.2, -0.15) is 0 Å². The smallest absolute Gasteiger partial charge is 0.309 e. The van der Waals surface area contributed by atoms with Gasteiger partial charge in [0.15, 0.2) is 0 Å². The van der Waals surface area contributed by atoms with E-state index in [4.69, 9.17) is 4.74 Å². The van der Waals surface area contributed by atoms with Gasteiger partial charge < -0.3 is 9.72 Å². The summed E-state index contributed by atoms with van der Waals surface area (Å²) in [6.07, 6.45) is 1.68. The van der Waals surface area contributed by atoms with Crippen LogP contribution >= 0.6 is 0 Å². The minimum atomic E-state index is -0.360. The molecule has 0 atom stereocenters. The number of aryl methyl sites for hydroxylation is 2. The Balaban J connectivity index is 2.25. The molecule has 0 aliphatic carbocycles. The van der Waals surface area contributed by atoms with Gasteiger partial charge in [-0.3, -0.25) is 4.79 Å². The molecule has 114 valence electrons. The zero-order chi connectivity index (χ0) is 16.1. The quantitative estimate of drug-likeness (QED) is 0.530. The molecule has 0 aliphatic heterocycles. The number of hydrogen-bond donors (Lipinski definition) is 1. The van der Waals surface area contributed by atoms with Gasteiger partial charge in [0.1, 0.15) is 0 Å². The van der Waals surface area contributed by atoms with Crippen LogP contribution in [0.15, 0.2) is 36.5 Å². The topological polar surface area (TPSA) is 55.0 Å². The summed E-state index contributed by atoms with van der Waals surface area (Å²) in [6.45, 7) is 5.53. The van der Waals surface area contributed by atoms with Crippen LogP contribution in [0.5, 0.6) is 5.88 Å². The highest BCUT2D eigenvalue weighted by Crippen LogP contribution is 2.39. The van der Waals surface area contributed by atoms with Gasteiger partial charge in [-0.25, -0.2) is 4.98 Å². The second kappa shape index (κ2) is 4.81. The normalized spacial score (nSPS) is 11.4. The number of rotatable bonds is 1. The number of fused-ring (bicyclic) bond motifs is 4. The Morgan fingerprint density at radius 2 is 1.83 bits per heavy atom. The SMILES string of the molecule is CC(=O)Oc1nccc2c(C)c3[nH]c4ccccc4c3c(C)c12. The van der Waals surface area contributed by atoms with Crippen molar-refractivity contribution in [3.63, 3.8) is 0 Å². The van der Waals surface area contributed by atoms with Gasteiger partial charge in [-0.1, -0.05) is 18.2 Å². The Bertz CT molecular complexity index is 1090. The van der Waals surface area contributed by atoms with Crippen molar-refractivity contribution in [3.05, 3.63) is 47.7 Å². The van der Waals surface area contributed by atoms with Crippen LogP contribution in [0.3, 0.4) is 0 Å². The van der Waals surface area contributed by atoms with Crippen molar-refractivity contribution in [2.75, 3.05) is 0 Å². The molecule has 0 bridgehead atoms. The molecule has 0 unspecified atom stereocenters. The molecule has 1 N–H and O–H groups in total. The Morgan fingerprint density at radius 3 is 2.61 bits per heavy atom. The third-order valence-electron chi connectivity index (χ3n) is 4.39. The molecule has 2 aromatic heterocycles. The number of benzene rings is 2. The number of hydrogen-bond acceptors (Lipinski definition) is 3. The van der Waals surface area contributed by atoms with Gasteiger partial charge >= 0.3 is 5.97 Å². The van der Waals surface area contributed by atoms with Crippen molar-refractivity contribution in [3.8, 4) is 5.88 Å². The second-order valence-electron chi connectivity index (χ2n) is 5.80. The summed E-state index contributed by atoms with van der Waals surface area (Å²) in [5, 5.41) is 4.28. The van der Waals surface area contributed by atoms with E-state index in [0.29, 0.717) is 5.88 Å². The average Bonchev–Trinajstić information content (AvgIpc) is 2.92. The third-order valence-corrected chi connectivity index (χ3v) is 4.39. The van der Waals surface area contributed by atoms with E-state index in [0.717, 1.165) is 38.3 Å². The predicted molar refractivity (Wildman–Crippen MR) is 91.9 cm³/mol. The maximum absolute atomic E-state index is 11.4. The van der Waals surface area contributed by atoms with Crippen molar-refractivity contribution < 1.29 is 9.53 Å². The summed E-state index contributed by atoms with van der Waals surface area (Å²) < 4.78 is 5.34. The molecule has 0 spiro atoms. The number of esters is 1. The first-order valence-electron chi connectivity index (χ1n) is 7.54. The highest BCUT2D eigenvalue weighted by Gasteiger charge is 2.17. The maximum Gasteiger partial charge on any atom is 0.309 e. The summed E-state index contributed by atoms with van der Waals surface area (Å²) in [4.78, 5) is 19.2. The molecule has 2 heterocycles. The molecular weight excluding hydrogens is 288 g/mol. The third kappa shape index (κ3) is 1.91. The van der Waals surface area contributed by atoms with Crippen molar-refractivity contribution in [1.82, 2.24) is 9.97 Å². The van der Waals surface area contributed by atoms with Crippen molar-refractivity contribution in [2.24, 2.45) is 0 Å². The van der Waals surface area contributed by atoms with Crippen LogP contribution in [0.1, 0.15) is 18.1 Å². The first-order chi connectivity index (χ1) is 11.1. The highest BCUT2D eigenvalue weighted by molar-refractivity contribution is 6.17. The number of pyridine rings is 1. The lowest BCUT2D eigenvalue weighted by molar-refractivity contribution is -0.132. The molecule has 4 rings (SSSR count). The van der Waals surface area contributed by atoms with E-state index < -0.39 is 0 Å². The van der Waals surface area contributed by atoms with Crippen molar-refractivity contribution >= 4 is 38.5 Å². The van der Waals surface area contributed by atoms with Gasteiger partial charge in [0.2, 0.25) is 5.88 Å². The number of H-pyrrole nitrogens is 1. The first-order valence-corrected chi connectivity index (χ1v) is 7.54. The number of carbonyl (C=O) groups is 1. The van der Waals surface area contributed by atoms with Crippen molar-refractivity contribution in [1.29, 1.82) is 0 Å². The van der Waals surface area contributed by atoms with Gasteiger partial charge in [-0.15, -0.1) is 0 Å². The van der Waals surface area contributed by atoms with Crippen LogP contribution in [0.25, 0.3) is 32.6 Å². The lowest BCUT2D eigenvalue weighted by Crippen LogP contribution is -2.04. The standard InChI is InChI=1S/C19H16N2O2/c1-10-13-8-9-20-19(23-12(3)22)17(13)11(2)16-14-6-4-5-7-15(14)21-18(10)16/h4-9,21H,1-3H3. The molecule has 0 radical (unpaired) electrons. The summed E-state index contributed by atoms with van der Waals surface area (Å²) in [7, 11) is 0. The fraction of sp³-hybridized carbons (Fsp3) is 0.158. The number of para-hydroxylation sites is 1. The van der Waals surface area contributed by atoms with Crippen molar-refractivity contribution in [2.45, 2.75) is 20.8 Å². The molecule has 0 saturated heterocycles. The minimum Gasteiger partial charge on any atom is -0.407 e. The number of aromatic amines is 1. The Kier molecular flexibility index (Phi) is 2.88. The zero-order valence-electron chi connectivity index (χ0n) is 13.2. The van der Waals surface area contributed by atoms with Crippen LogP contribution in [0.4, 0.5) is 0 Å². The van der Waals surface area contributed by atoms with E-state index in [1.54, 1.807) is 6.20 Å². The largest absolute Gasteiger partial charge is 0.407 e. The zero-order valence-corrected chi connectivity index (χ0v) is 13.2. The number of ether oxygens (including phenoxy) is 1. The molecule has 0 aliphatic rings. The molecule has 23 heavy (non-hydrogen) atoms. The molecule has 2 aromatic carbocycles. The van der Waals surface area contributed by atoms with E-state index in [1.807, 2.05) is 18.2 Å². The van der Waals surface area contributed by atoms with E-state index in [2.05, 4.69) is 35.9 Å². The molecule has 0 fully saturated rings. The van der Waals surface area contributed by atoms with Crippen LogP contribution in [0.2, 0.25) is 0 Å². The second-order valence-corrected chi connectivity index (χ2v) is 5.80. The number of aromatic nitrogens is 2. The lowest BCUT2D eigenvalue weighted by atomic mass is 9.96. The first kappa shape index (κ1) is 13.8. The van der Waals surface area contributed by atoms with E-state index in [-0.39, 0.29) is 5.97 Å². The Labute approximate surface area is 133 Å².